The van der Waals surface area contributed by atoms with Crippen molar-refractivity contribution in [3.05, 3.63) is 71.1 Å². The average Bonchev–Trinajstić information content (AvgIpc) is 3.35. The molecule has 0 spiro atoms. The highest BCUT2D eigenvalue weighted by Gasteiger charge is 2.16. The van der Waals surface area contributed by atoms with Crippen molar-refractivity contribution in [1.29, 1.82) is 0 Å². The Morgan fingerprint density at radius 2 is 2.15 bits per heavy atom. The van der Waals surface area contributed by atoms with E-state index >= 15 is 0 Å². The summed E-state index contributed by atoms with van der Waals surface area (Å²) in [5.74, 6) is 1.62. The van der Waals surface area contributed by atoms with Gasteiger partial charge in [0.15, 0.2) is 17.3 Å². The van der Waals surface area contributed by atoms with E-state index in [2.05, 4.69) is 39.6 Å². The zero-order valence-corrected chi connectivity index (χ0v) is 13.8. The summed E-state index contributed by atoms with van der Waals surface area (Å²) in [6.45, 7) is 0. The SMILES string of the molecule is Oc1cc(Nc2ccc3c(c2)C=CC3)oc1C=C1C=Nc2ncccc21. The molecule has 2 aromatic heterocycles. The molecule has 0 saturated heterocycles. The van der Waals surface area contributed by atoms with Crippen LogP contribution in [-0.4, -0.2) is 16.3 Å². The van der Waals surface area contributed by atoms with Crippen LogP contribution < -0.4 is 5.32 Å². The van der Waals surface area contributed by atoms with Crippen molar-refractivity contribution in [2.24, 2.45) is 4.99 Å². The molecule has 5 rings (SSSR count). The highest BCUT2D eigenvalue weighted by Crippen LogP contribution is 2.35. The van der Waals surface area contributed by atoms with Gasteiger partial charge in [0.05, 0.1) is 0 Å². The second-order valence-electron chi connectivity index (χ2n) is 6.24. The molecule has 1 aliphatic heterocycles. The predicted octanol–water partition coefficient (Wildman–Crippen LogP) is 4.95. The molecule has 1 aliphatic carbocycles. The number of furan rings is 1. The zero-order valence-electron chi connectivity index (χ0n) is 13.8. The van der Waals surface area contributed by atoms with Crippen LogP contribution in [0.3, 0.4) is 0 Å². The van der Waals surface area contributed by atoms with Crippen LogP contribution in [0.1, 0.15) is 22.5 Å². The Hall–Kier alpha value is -3.60. The molecule has 5 heteroatoms. The second-order valence-corrected chi connectivity index (χ2v) is 6.24. The molecule has 0 radical (unpaired) electrons. The predicted molar refractivity (Wildman–Crippen MR) is 103 cm³/mol. The lowest BCUT2D eigenvalue weighted by atomic mass is 10.1. The highest BCUT2D eigenvalue weighted by atomic mass is 16.4. The summed E-state index contributed by atoms with van der Waals surface area (Å²) in [7, 11) is 0. The Morgan fingerprint density at radius 1 is 1.19 bits per heavy atom. The summed E-state index contributed by atoms with van der Waals surface area (Å²) in [6, 6.07) is 11.6. The molecule has 5 nitrogen and oxygen atoms in total. The van der Waals surface area contributed by atoms with E-state index in [4.69, 9.17) is 4.42 Å². The molecule has 0 atom stereocenters. The number of aromatic hydroxyl groups is 1. The first-order valence-electron chi connectivity index (χ1n) is 8.37. The standard InChI is InChI=1S/C21H15N3O2/c25-18-11-20(24-16-7-6-13-3-1-4-14(13)9-16)26-19(18)10-15-12-23-21-17(15)5-2-8-22-21/h1-2,4-12,24-25H,3H2. The molecule has 0 bridgehead atoms. The molecule has 0 amide bonds. The lowest BCUT2D eigenvalue weighted by Crippen LogP contribution is -1.90. The van der Waals surface area contributed by atoms with E-state index in [0.717, 1.165) is 23.2 Å². The lowest BCUT2D eigenvalue weighted by Gasteiger charge is -2.05. The van der Waals surface area contributed by atoms with E-state index in [-0.39, 0.29) is 5.75 Å². The molecule has 3 heterocycles. The summed E-state index contributed by atoms with van der Waals surface area (Å²) in [5.41, 5.74) is 5.21. The van der Waals surface area contributed by atoms with E-state index in [1.54, 1.807) is 24.6 Å². The number of aromatic nitrogens is 1. The largest absolute Gasteiger partial charge is 0.504 e. The Morgan fingerprint density at radius 3 is 3.12 bits per heavy atom. The Bertz CT molecular complexity index is 1110. The van der Waals surface area contributed by atoms with Gasteiger partial charge in [-0.1, -0.05) is 18.2 Å². The monoisotopic (exact) mass is 341 g/mol. The summed E-state index contributed by atoms with van der Waals surface area (Å²) in [5, 5.41) is 13.4. The molecule has 26 heavy (non-hydrogen) atoms. The first kappa shape index (κ1) is 14.7. The van der Waals surface area contributed by atoms with E-state index in [1.807, 2.05) is 18.2 Å². The summed E-state index contributed by atoms with van der Waals surface area (Å²) < 4.78 is 5.78. The molecule has 0 saturated carbocycles. The summed E-state index contributed by atoms with van der Waals surface area (Å²) in [4.78, 5) is 8.48. The van der Waals surface area contributed by atoms with Crippen molar-refractivity contribution in [2.45, 2.75) is 6.42 Å². The Kier molecular flexibility index (Phi) is 3.25. The minimum absolute atomic E-state index is 0.0757. The zero-order chi connectivity index (χ0) is 17.5. The number of hydrogen-bond acceptors (Lipinski definition) is 5. The number of aliphatic imine (C=N–C) groups is 1. The maximum atomic E-state index is 10.2. The minimum Gasteiger partial charge on any atom is -0.504 e. The molecule has 0 fully saturated rings. The number of nitrogens with zero attached hydrogens (tertiary/aromatic N) is 2. The van der Waals surface area contributed by atoms with Crippen LogP contribution in [0.25, 0.3) is 17.7 Å². The Labute approximate surface area is 150 Å². The maximum Gasteiger partial charge on any atom is 0.201 e. The third-order valence-electron chi connectivity index (χ3n) is 4.50. The molecule has 0 unspecified atom stereocenters. The van der Waals surface area contributed by atoms with Gasteiger partial charge in [-0.15, -0.1) is 0 Å². The number of allylic oxidation sites excluding steroid dienone is 2. The van der Waals surface area contributed by atoms with Gasteiger partial charge >= 0.3 is 0 Å². The number of benzene rings is 1. The first-order chi connectivity index (χ1) is 12.8. The lowest BCUT2D eigenvalue weighted by molar-refractivity contribution is 0.456. The number of nitrogens with one attached hydrogen (secondary N) is 1. The van der Waals surface area contributed by atoms with Crippen LogP contribution >= 0.6 is 0 Å². The molecular formula is C21H15N3O2. The van der Waals surface area contributed by atoms with Gasteiger partial charge in [-0.05, 0) is 47.9 Å². The van der Waals surface area contributed by atoms with Crippen molar-refractivity contribution in [3.8, 4) is 5.75 Å². The molecule has 3 aromatic rings. The number of hydrogen-bond donors (Lipinski definition) is 2. The van der Waals surface area contributed by atoms with Gasteiger partial charge in [-0.25, -0.2) is 9.98 Å². The molecule has 2 aliphatic rings. The van der Waals surface area contributed by atoms with Crippen LogP contribution in [0.2, 0.25) is 0 Å². The van der Waals surface area contributed by atoms with Crippen LogP contribution in [-0.2, 0) is 6.42 Å². The molecular weight excluding hydrogens is 326 g/mol. The number of rotatable bonds is 3. The molecule has 1 aromatic carbocycles. The van der Waals surface area contributed by atoms with Crippen molar-refractivity contribution >= 4 is 41.3 Å². The van der Waals surface area contributed by atoms with E-state index < -0.39 is 0 Å². The number of pyridine rings is 1. The van der Waals surface area contributed by atoms with Crippen molar-refractivity contribution in [3.63, 3.8) is 0 Å². The van der Waals surface area contributed by atoms with Gasteiger partial charge in [0.2, 0.25) is 5.88 Å². The normalized spacial score (nSPS) is 15.5. The molecule has 126 valence electrons. The topological polar surface area (TPSA) is 70.7 Å². The van der Waals surface area contributed by atoms with Crippen LogP contribution in [0.4, 0.5) is 17.4 Å². The third-order valence-corrected chi connectivity index (χ3v) is 4.50. The fourth-order valence-corrected chi connectivity index (χ4v) is 3.21. The minimum atomic E-state index is 0.0757. The first-order valence-corrected chi connectivity index (χ1v) is 8.37. The number of fused-ring (bicyclic) bond motifs is 2. The van der Waals surface area contributed by atoms with Crippen LogP contribution in [0, 0.1) is 0 Å². The Balaban J connectivity index is 1.43. The average molecular weight is 341 g/mol. The van der Waals surface area contributed by atoms with Crippen LogP contribution in [0.5, 0.6) is 5.75 Å². The summed E-state index contributed by atoms with van der Waals surface area (Å²) in [6.07, 6.45) is 10.4. The fourth-order valence-electron chi connectivity index (χ4n) is 3.21. The smallest absolute Gasteiger partial charge is 0.201 e. The van der Waals surface area contributed by atoms with Crippen molar-refractivity contribution in [2.75, 3.05) is 5.32 Å². The van der Waals surface area contributed by atoms with Gasteiger partial charge in [0.1, 0.15) is 0 Å². The quantitative estimate of drug-likeness (QED) is 0.707. The third kappa shape index (κ3) is 2.50. The van der Waals surface area contributed by atoms with Gasteiger partial charge in [0.25, 0.3) is 0 Å². The molecule has 2 N–H and O–H groups in total. The number of anilines is 2. The van der Waals surface area contributed by atoms with E-state index in [9.17, 15) is 5.11 Å². The van der Waals surface area contributed by atoms with Gasteiger partial charge in [0, 0.05) is 35.3 Å². The van der Waals surface area contributed by atoms with E-state index in [0.29, 0.717) is 17.5 Å². The van der Waals surface area contributed by atoms with Gasteiger partial charge in [-0.2, -0.15) is 0 Å². The fraction of sp³-hybridized carbons (Fsp3) is 0.0476. The second kappa shape index (κ2) is 5.74. The maximum absolute atomic E-state index is 10.2. The van der Waals surface area contributed by atoms with E-state index in [1.165, 1.54) is 11.1 Å². The highest BCUT2D eigenvalue weighted by molar-refractivity contribution is 6.20. The van der Waals surface area contributed by atoms with Gasteiger partial charge in [-0.3, -0.25) is 0 Å². The van der Waals surface area contributed by atoms with Gasteiger partial charge < -0.3 is 14.8 Å². The van der Waals surface area contributed by atoms with Crippen LogP contribution in [0.15, 0.2) is 58.1 Å². The summed E-state index contributed by atoms with van der Waals surface area (Å²) >= 11 is 0. The van der Waals surface area contributed by atoms with Crippen molar-refractivity contribution < 1.29 is 9.52 Å². The van der Waals surface area contributed by atoms with Crippen molar-refractivity contribution in [1.82, 2.24) is 4.98 Å².